The molecular formula is C13H26N2. The van der Waals surface area contributed by atoms with E-state index in [0.717, 1.165) is 0 Å². The second-order valence-corrected chi connectivity index (χ2v) is 4.56. The van der Waals surface area contributed by atoms with Gasteiger partial charge in [0.15, 0.2) is 0 Å². The quantitative estimate of drug-likeness (QED) is 0.513. The van der Waals surface area contributed by atoms with Gasteiger partial charge in [-0.3, -0.25) is 4.90 Å². The Balaban J connectivity index is 1.92. The zero-order valence-electron chi connectivity index (χ0n) is 10.4. The molecule has 0 aliphatic carbocycles. The maximum absolute atomic E-state index is 3.45. The lowest BCUT2D eigenvalue weighted by atomic mass is 10.1. The lowest BCUT2D eigenvalue weighted by molar-refractivity contribution is 0.287. The number of hydrogen-bond donors (Lipinski definition) is 1. The zero-order valence-corrected chi connectivity index (χ0v) is 10.4. The van der Waals surface area contributed by atoms with Crippen molar-refractivity contribution < 1.29 is 0 Å². The van der Waals surface area contributed by atoms with Crippen LogP contribution in [0.2, 0.25) is 0 Å². The fourth-order valence-corrected chi connectivity index (χ4v) is 1.90. The van der Waals surface area contributed by atoms with Crippen molar-refractivity contribution in [3.63, 3.8) is 0 Å². The molecule has 0 aromatic carbocycles. The maximum atomic E-state index is 3.45. The van der Waals surface area contributed by atoms with Crippen LogP contribution in [-0.4, -0.2) is 37.6 Å². The highest BCUT2D eigenvalue weighted by molar-refractivity contribution is 5.03. The SMILES string of the molecule is CCCNCCCCN1CC=C(C)CC1. The minimum Gasteiger partial charge on any atom is -0.317 e. The van der Waals surface area contributed by atoms with Crippen molar-refractivity contribution >= 4 is 0 Å². The monoisotopic (exact) mass is 210 g/mol. The van der Waals surface area contributed by atoms with Gasteiger partial charge in [-0.15, -0.1) is 0 Å². The number of unbranched alkanes of at least 4 members (excludes halogenated alkanes) is 1. The van der Waals surface area contributed by atoms with Gasteiger partial charge in [-0.2, -0.15) is 0 Å². The summed E-state index contributed by atoms with van der Waals surface area (Å²) in [6.07, 6.45) is 7.55. The van der Waals surface area contributed by atoms with E-state index in [1.807, 2.05) is 0 Å². The molecule has 0 fully saturated rings. The number of nitrogens with zero attached hydrogens (tertiary/aromatic N) is 1. The van der Waals surface area contributed by atoms with Crippen LogP contribution < -0.4 is 5.32 Å². The van der Waals surface area contributed by atoms with Gasteiger partial charge in [0.1, 0.15) is 0 Å². The lowest BCUT2D eigenvalue weighted by Gasteiger charge is -2.25. The summed E-state index contributed by atoms with van der Waals surface area (Å²) in [6.45, 7) is 10.5. The second-order valence-electron chi connectivity index (χ2n) is 4.56. The van der Waals surface area contributed by atoms with Crippen LogP contribution in [-0.2, 0) is 0 Å². The van der Waals surface area contributed by atoms with Crippen LogP contribution in [0.4, 0.5) is 0 Å². The van der Waals surface area contributed by atoms with Gasteiger partial charge in [-0.05, 0) is 52.2 Å². The lowest BCUT2D eigenvalue weighted by Crippen LogP contribution is -2.29. The van der Waals surface area contributed by atoms with Crippen LogP contribution in [0.25, 0.3) is 0 Å². The Morgan fingerprint density at radius 2 is 2.20 bits per heavy atom. The molecule has 0 amide bonds. The summed E-state index contributed by atoms with van der Waals surface area (Å²) in [5.74, 6) is 0. The summed E-state index contributed by atoms with van der Waals surface area (Å²) >= 11 is 0. The van der Waals surface area contributed by atoms with Crippen molar-refractivity contribution in [3.05, 3.63) is 11.6 Å². The van der Waals surface area contributed by atoms with Crippen molar-refractivity contribution in [2.45, 2.75) is 39.5 Å². The first-order valence-electron chi connectivity index (χ1n) is 6.41. The Morgan fingerprint density at radius 3 is 2.87 bits per heavy atom. The molecule has 1 rings (SSSR count). The van der Waals surface area contributed by atoms with E-state index in [1.54, 1.807) is 5.57 Å². The van der Waals surface area contributed by atoms with Crippen molar-refractivity contribution in [3.8, 4) is 0 Å². The molecule has 0 saturated heterocycles. The highest BCUT2D eigenvalue weighted by Gasteiger charge is 2.07. The standard InChI is InChI=1S/C13H26N2/c1-3-8-14-9-4-5-10-15-11-6-13(2)7-12-15/h6,14H,3-5,7-12H2,1-2H3. The van der Waals surface area contributed by atoms with E-state index < -0.39 is 0 Å². The van der Waals surface area contributed by atoms with Gasteiger partial charge in [0.25, 0.3) is 0 Å². The van der Waals surface area contributed by atoms with E-state index in [9.17, 15) is 0 Å². The van der Waals surface area contributed by atoms with Crippen molar-refractivity contribution in [1.82, 2.24) is 10.2 Å². The Kier molecular flexibility index (Phi) is 6.69. The van der Waals surface area contributed by atoms with E-state index >= 15 is 0 Å². The van der Waals surface area contributed by atoms with E-state index in [4.69, 9.17) is 0 Å². The Hall–Kier alpha value is -0.340. The Labute approximate surface area is 94.7 Å². The second kappa shape index (κ2) is 7.89. The van der Waals surface area contributed by atoms with Gasteiger partial charge in [-0.1, -0.05) is 18.6 Å². The third-order valence-corrected chi connectivity index (χ3v) is 3.02. The smallest absolute Gasteiger partial charge is 0.0165 e. The molecule has 0 aromatic heterocycles. The normalized spacial score (nSPS) is 17.9. The molecule has 0 unspecified atom stereocenters. The molecule has 88 valence electrons. The average molecular weight is 210 g/mol. The van der Waals surface area contributed by atoms with E-state index in [1.165, 1.54) is 58.4 Å². The molecule has 0 saturated carbocycles. The van der Waals surface area contributed by atoms with Crippen LogP contribution >= 0.6 is 0 Å². The predicted octanol–water partition coefficient (Wildman–Crippen LogP) is 2.42. The maximum Gasteiger partial charge on any atom is 0.0165 e. The van der Waals surface area contributed by atoms with E-state index in [2.05, 4.69) is 30.1 Å². The van der Waals surface area contributed by atoms with Crippen molar-refractivity contribution in [2.24, 2.45) is 0 Å². The number of rotatable bonds is 7. The fourth-order valence-electron chi connectivity index (χ4n) is 1.90. The zero-order chi connectivity index (χ0) is 10.9. The molecule has 0 bridgehead atoms. The molecule has 1 heterocycles. The van der Waals surface area contributed by atoms with Crippen LogP contribution in [0.3, 0.4) is 0 Å². The Bertz CT molecular complexity index is 187. The summed E-state index contributed by atoms with van der Waals surface area (Å²) in [5.41, 5.74) is 1.57. The van der Waals surface area contributed by atoms with Crippen molar-refractivity contribution in [1.29, 1.82) is 0 Å². The first-order valence-corrected chi connectivity index (χ1v) is 6.41. The van der Waals surface area contributed by atoms with Crippen LogP contribution in [0.15, 0.2) is 11.6 Å². The summed E-state index contributed by atoms with van der Waals surface area (Å²) in [6, 6.07) is 0. The van der Waals surface area contributed by atoms with E-state index in [-0.39, 0.29) is 0 Å². The molecule has 1 aliphatic rings. The third-order valence-electron chi connectivity index (χ3n) is 3.02. The van der Waals surface area contributed by atoms with Crippen LogP contribution in [0, 0.1) is 0 Å². The average Bonchev–Trinajstić information content (AvgIpc) is 2.26. The predicted molar refractivity (Wildman–Crippen MR) is 67.2 cm³/mol. The molecule has 0 spiro atoms. The van der Waals surface area contributed by atoms with Crippen LogP contribution in [0.1, 0.15) is 39.5 Å². The molecule has 2 nitrogen and oxygen atoms in total. The van der Waals surface area contributed by atoms with Gasteiger partial charge in [0, 0.05) is 13.1 Å². The summed E-state index contributed by atoms with van der Waals surface area (Å²) in [5, 5.41) is 3.45. The van der Waals surface area contributed by atoms with Crippen LogP contribution in [0.5, 0.6) is 0 Å². The first kappa shape index (κ1) is 12.7. The molecule has 15 heavy (non-hydrogen) atoms. The molecular weight excluding hydrogens is 184 g/mol. The van der Waals surface area contributed by atoms with E-state index in [0.29, 0.717) is 0 Å². The first-order chi connectivity index (χ1) is 7.33. The third kappa shape index (κ3) is 5.95. The minimum absolute atomic E-state index is 1.17. The van der Waals surface area contributed by atoms with Gasteiger partial charge in [0.05, 0.1) is 0 Å². The summed E-state index contributed by atoms with van der Waals surface area (Å²) in [4.78, 5) is 2.56. The van der Waals surface area contributed by atoms with Gasteiger partial charge >= 0.3 is 0 Å². The summed E-state index contributed by atoms with van der Waals surface area (Å²) < 4.78 is 0. The number of nitrogens with one attached hydrogen (secondary N) is 1. The molecule has 1 N–H and O–H groups in total. The molecule has 1 aliphatic heterocycles. The molecule has 0 atom stereocenters. The van der Waals surface area contributed by atoms with Crippen molar-refractivity contribution in [2.75, 3.05) is 32.7 Å². The molecule has 2 heteroatoms. The van der Waals surface area contributed by atoms with Gasteiger partial charge in [0.2, 0.25) is 0 Å². The highest BCUT2D eigenvalue weighted by atomic mass is 15.1. The highest BCUT2D eigenvalue weighted by Crippen LogP contribution is 2.09. The molecule has 0 radical (unpaired) electrons. The number of hydrogen-bond acceptors (Lipinski definition) is 2. The molecule has 0 aromatic rings. The van der Waals surface area contributed by atoms with Gasteiger partial charge < -0.3 is 5.32 Å². The summed E-state index contributed by atoms with van der Waals surface area (Å²) in [7, 11) is 0. The minimum atomic E-state index is 1.17. The topological polar surface area (TPSA) is 15.3 Å². The van der Waals surface area contributed by atoms with Gasteiger partial charge in [-0.25, -0.2) is 0 Å². The Morgan fingerprint density at radius 1 is 1.33 bits per heavy atom. The largest absolute Gasteiger partial charge is 0.317 e. The fraction of sp³-hybridized carbons (Fsp3) is 0.846.